The Balaban J connectivity index is 2.12. The first-order valence-corrected chi connectivity index (χ1v) is 8.30. The number of nitro benzene ring substituents is 1. The van der Waals surface area contributed by atoms with Crippen LogP contribution in [0, 0.1) is 17.0 Å². The van der Waals surface area contributed by atoms with Gasteiger partial charge in [0.15, 0.2) is 0 Å². The molecule has 8 heteroatoms. The molecule has 0 atom stereocenters. The first kappa shape index (κ1) is 18.1. The maximum atomic E-state index is 12.4. The van der Waals surface area contributed by atoms with Crippen LogP contribution < -0.4 is 15.8 Å². The number of nitrogens with two attached hydrogens (primary N) is 1. The molecule has 1 aromatic heterocycles. The zero-order chi connectivity index (χ0) is 19.6. The molecule has 0 radical (unpaired) electrons. The standard InChI is InChI=1S/C19H18N4O4/c1-3-21-18(24)15-9-12-4-5-13(23(25)26)10-17(12)22-19(15)27-14-6-7-16(20)11(2)8-14/h4-10H,3,20H2,1-2H3,(H,21,24). The molecule has 27 heavy (non-hydrogen) atoms. The lowest BCUT2D eigenvalue weighted by molar-refractivity contribution is -0.384. The predicted octanol–water partition coefficient (Wildman–Crippen LogP) is 3.58. The van der Waals surface area contributed by atoms with Crippen molar-refractivity contribution in [3.63, 3.8) is 0 Å². The first-order chi connectivity index (χ1) is 12.9. The van der Waals surface area contributed by atoms with E-state index >= 15 is 0 Å². The summed E-state index contributed by atoms with van der Waals surface area (Å²) in [6, 6.07) is 11.0. The van der Waals surface area contributed by atoms with Crippen LogP contribution in [0.1, 0.15) is 22.8 Å². The topological polar surface area (TPSA) is 120 Å². The van der Waals surface area contributed by atoms with Crippen LogP contribution in [0.3, 0.4) is 0 Å². The van der Waals surface area contributed by atoms with Gasteiger partial charge in [-0.3, -0.25) is 14.9 Å². The Morgan fingerprint density at radius 1 is 1.26 bits per heavy atom. The van der Waals surface area contributed by atoms with Gasteiger partial charge in [-0.25, -0.2) is 4.98 Å². The highest BCUT2D eigenvalue weighted by molar-refractivity contribution is 6.00. The number of nitrogens with one attached hydrogen (secondary N) is 1. The summed E-state index contributed by atoms with van der Waals surface area (Å²) >= 11 is 0. The molecule has 1 heterocycles. The van der Waals surface area contributed by atoms with E-state index in [1.807, 2.05) is 6.92 Å². The molecule has 0 aliphatic carbocycles. The van der Waals surface area contributed by atoms with Gasteiger partial charge >= 0.3 is 0 Å². The van der Waals surface area contributed by atoms with Crippen molar-refractivity contribution in [2.24, 2.45) is 0 Å². The highest BCUT2D eigenvalue weighted by Gasteiger charge is 2.18. The number of aryl methyl sites for hydroxylation is 1. The fraction of sp³-hybridized carbons (Fsp3) is 0.158. The van der Waals surface area contributed by atoms with Gasteiger partial charge in [0.2, 0.25) is 5.88 Å². The summed E-state index contributed by atoms with van der Waals surface area (Å²) in [5.41, 5.74) is 7.78. The number of fused-ring (bicyclic) bond motifs is 1. The van der Waals surface area contributed by atoms with Crippen LogP contribution in [-0.2, 0) is 0 Å². The zero-order valence-electron chi connectivity index (χ0n) is 14.9. The maximum Gasteiger partial charge on any atom is 0.271 e. The molecule has 0 aliphatic heterocycles. The number of hydrogen-bond acceptors (Lipinski definition) is 6. The van der Waals surface area contributed by atoms with E-state index in [-0.39, 0.29) is 23.0 Å². The SMILES string of the molecule is CCNC(=O)c1cc2ccc([N+](=O)[O-])cc2nc1Oc1ccc(N)c(C)c1. The number of anilines is 1. The minimum Gasteiger partial charge on any atom is -0.438 e. The molecule has 0 saturated heterocycles. The van der Waals surface area contributed by atoms with Gasteiger partial charge in [0.25, 0.3) is 11.6 Å². The van der Waals surface area contributed by atoms with Gasteiger partial charge in [0.05, 0.1) is 10.4 Å². The smallest absolute Gasteiger partial charge is 0.271 e. The Morgan fingerprint density at radius 2 is 2.04 bits per heavy atom. The van der Waals surface area contributed by atoms with Crippen LogP contribution in [0.25, 0.3) is 10.9 Å². The molecule has 0 unspecified atom stereocenters. The average molecular weight is 366 g/mol. The van der Waals surface area contributed by atoms with Crippen LogP contribution in [0.4, 0.5) is 11.4 Å². The van der Waals surface area contributed by atoms with Crippen molar-refractivity contribution in [3.05, 3.63) is 63.7 Å². The third kappa shape index (κ3) is 3.79. The van der Waals surface area contributed by atoms with Crippen LogP contribution >= 0.6 is 0 Å². The van der Waals surface area contributed by atoms with E-state index in [2.05, 4.69) is 10.3 Å². The number of benzene rings is 2. The van der Waals surface area contributed by atoms with Crippen molar-refractivity contribution >= 4 is 28.2 Å². The Labute approximate surface area is 155 Å². The number of amides is 1. The quantitative estimate of drug-likeness (QED) is 0.404. The summed E-state index contributed by atoms with van der Waals surface area (Å²) in [7, 11) is 0. The number of pyridine rings is 1. The molecule has 8 nitrogen and oxygen atoms in total. The van der Waals surface area contributed by atoms with Gasteiger partial charge in [0, 0.05) is 29.8 Å². The normalized spacial score (nSPS) is 10.6. The monoisotopic (exact) mass is 366 g/mol. The number of carbonyl (C=O) groups excluding carboxylic acids is 1. The van der Waals surface area contributed by atoms with Gasteiger partial charge in [-0.2, -0.15) is 0 Å². The van der Waals surface area contributed by atoms with Crippen LogP contribution in [-0.4, -0.2) is 22.4 Å². The van der Waals surface area contributed by atoms with Crippen molar-refractivity contribution in [3.8, 4) is 11.6 Å². The summed E-state index contributed by atoms with van der Waals surface area (Å²) in [6.45, 7) is 4.08. The first-order valence-electron chi connectivity index (χ1n) is 8.30. The summed E-state index contributed by atoms with van der Waals surface area (Å²) in [4.78, 5) is 27.3. The molecular formula is C19H18N4O4. The van der Waals surface area contributed by atoms with E-state index in [0.29, 0.717) is 28.9 Å². The number of rotatable bonds is 5. The molecule has 3 N–H and O–H groups in total. The summed E-state index contributed by atoms with van der Waals surface area (Å²) < 4.78 is 5.82. The minimum atomic E-state index is -0.497. The van der Waals surface area contributed by atoms with Gasteiger partial charge in [-0.05, 0) is 49.7 Å². The van der Waals surface area contributed by atoms with E-state index < -0.39 is 4.92 Å². The van der Waals surface area contributed by atoms with Crippen molar-refractivity contribution in [1.29, 1.82) is 0 Å². The van der Waals surface area contributed by atoms with Gasteiger partial charge < -0.3 is 15.8 Å². The summed E-state index contributed by atoms with van der Waals surface area (Å²) in [5.74, 6) is 0.190. The Hall–Kier alpha value is -3.68. The Bertz CT molecular complexity index is 1050. The molecule has 0 saturated carbocycles. The van der Waals surface area contributed by atoms with E-state index in [4.69, 9.17) is 10.5 Å². The van der Waals surface area contributed by atoms with E-state index in [1.165, 1.54) is 12.1 Å². The number of hydrogen-bond donors (Lipinski definition) is 2. The molecule has 0 fully saturated rings. The van der Waals surface area contributed by atoms with Crippen molar-refractivity contribution in [2.75, 3.05) is 12.3 Å². The molecule has 3 aromatic rings. The number of carbonyl (C=O) groups is 1. The minimum absolute atomic E-state index is 0.0677. The maximum absolute atomic E-state index is 12.4. The zero-order valence-corrected chi connectivity index (χ0v) is 14.9. The lowest BCUT2D eigenvalue weighted by Crippen LogP contribution is -2.23. The lowest BCUT2D eigenvalue weighted by atomic mass is 10.1. The van der Waals surface area contributed by atoms with Crippen molar-refractivity contribution in [1.82, 2.24) is 10.3 Å². The molecule has 0 aliphatic rings. The van der Waals surface area contributed by atoms with E-state index in [9.17, 15) is 14.9 Å². The number of nitrogens with zero attached hydrogens (tertiary/aromatic N) is 2. The van der Waals surface area contributed by atoms with Crippen LogP contribution in [0.5, 0.6) is 11.6 Å². The van der Waals surface area contributed by atoms with Crippen LogP contribution in [0.15, 0.2) is 42.5 Å². The molecule has 1 amide bonds. The highest BCUT2D eigenvalue weighted by Crippen LogP contribution is 2.30. The third-order valence-corrected chi connectivity index (χ3v) is 4.01. The number of aromatic nitrogens is 1. The summed E-state index contributed by atoms with van der Waals surface area (Å²) in [6.07, 6.45) is 0. The van der Waals surface area contributed by atoms with Crippen LogP contribution in [0.2, 0.25) is 0 Å². The molecular weight excluding hydrogens is 348 g/mol. The second-order valence-corrected chi connectivity index (χ2v) is 5.96. The largest absolute Gasteiger partial charge is 0.438 e. The molecule has 3 rings (SSSR count). The Kier molecular flexibility index (Phi) is 4.89. The molecule has 0 spiro atoms. The van der Waals surface area contributed by atoms with Gasteiger partial charge in [-0.1, -0.05) is 0 Å². The van der Waals surface area contributed by atoms with Crippen molar-refractivity contribution in [2.45, 2.75) is 13.8 Å². The predicted molar refractivity (Wildman–Crippen MR) is 102 cm³/mol. The second-order valence-electron chi connectivity index (χ2n) is 5.96. The number of nitrogen functional groups attached to an aromatic ring is 1. The highest BCUT2D eigenvalue weighted by atomic mass is 16.6. The average Bonchev–Trinajstić information content (AvgIpc) is 2.63. The number of nitro groups is 1. The van der Waals surface area contributed by atoms with E-state index in [0.717, 1.165) is 5.56 Å². The van der Waals surface area contributed by atoms with E-state index in [1.54, 1.807) is 37.3 Å². The second kappa shape index (κ2) is 7.28. The molecule has 2 aromatic carbocycles. The summed E-state index contributed by atoms with van der Waals surface area (Å²) in [5, 5.41) is 14.3. The van der Waals surface area contributed by atoms with Crippen molar-refractivity contribution < 1.29 is 14.5 Å². The Morgan fingerprint density at radius 3 is 2.70 bits per heavy atom. The number of non-ortho nitro benzene ring substituents is 1. The third-order valence-electron chi connectivity index (χ3n) is 4.01. The van der Waals surface area contributed by atoms with Gasteiger partial charge in [-0.15, -0.1) is 0 Å². The lowest BCUT2D eigenvalue weighted by Gasteiger charge is -2.12. The molecule has 0 bridgehead atoms. The molecule has 138 valence electrons. The number of ether oxygens (including phenoxy) is 1. The van der Waals surface area contributed by atoms with Gasteiger partial charge in [0.1, 0.15) is 11.3 Å². The fourth-order valence-corrected chi connectivity index (χ4v) is 2.57. The fourth-order valence-electron chi connectivity index (χ4n) is 2.57.